The van der Waals surface area contributed by atoms with Gasteiger partial charge >= 0.3 is 11.9 Å². The van der Waals surface area contributed by atoms with Gasteiger partial charge in [-0.1, -0.05) is 44.2 Å². The first kappa shape index (κ1) is 17.2. The van der Waals surface area contributed by atoms with E-state index in [0.717, 1.165) is 12.0 Å². The van der Waals surface area contributed by atoms with E-state index in [1.54, 1.807) is 6.92 Å². The highest BCUT2D eigenvalue weighted by atomic mass is 16.5. The second-order valence-corrected chi connectivity index (χ2v) is 5.04. The van der Waals surface area contributed by atoms with Crippen LogP contribution in [0, 0.1) is 5.92 Å². The van der Waals surface area contributed by atoms with Gasteiger partial charge in [-0.15, -0.1) is 0 Å². The van der Waals surface area contributed by atoms with E-state index >= 15 is 0 Å². The molecule has 0 radical (unpaired) electrons. The van der Waals surface area contributed by atoms with Gasteiger partial charge in [0, 0.05) is 6.42 Å². The molecule has 1 rings (SSSR count). The van der Waals surface area contributed by atoms with Crippen LogP contribution in [0.1, 0.15) is 45.1 Å². The highest BCUT2D eigenvalue weighted by molar-refractivity contribution is 5.80. The summed E-state index contributed by atoms with van der Waals surface area (Å²) in [5.74, 6) is -1.18. The standard InChI is InChI=1S/C17H24O4/c1-4-11-21-15(18)12-13(3)16(17(19)20-5-2)14-9-7-6-8-10-14/h6-10,13,16H,4-5,11-12H2,1-3H3/t13-,16+/m1/s1. The topological polar surface area (TPSA) is 52.6 Å². The molecule has 0 aliphatic carbocycles. The molecular weight excluding hydrogens is 268 g/mol. The smallest absolute Gasteiger partial charge is 0.313 e. The first-order valence-electron chi connectivity index (χ1n) is 7.47. The highest BCUT2D eigenvalue weighted by Crippen LogP contribution is 2.28. The molecule has 0 N–H and O–H groups in total. The zero-order chi connectivity index (χ0) is 15.7. The molecule has 2 atom stereocenters. The van der Waals surface area contributed by atoms with Crippen LogP contribution in [0.5, 0.6) is 0 Å². The third-order valence-corrected chi connectivity index (χ3v) is 3.22. The summed E-state index contributed by atoms with van der Waals surface area (Å²) in [5.41, 5.74) is 0.867. The van der Waals surface area contributed by atoms with Gasteiger partial charge in [0.2, 0.25) is 0 Å². The average Bonchev–Trinajstić information content (AvgIpc) is 2.46. The predicted octanol–water partition coefficient (Wildman–Crippen LogP) is 3.31. The van der Waals surface area contributed by atoms with Crippen LogP contribution < -0.4 is 0 Å². The highest BCUT2D eigenvalue weighted by Gasteiger charge is 2.30. The van der Waals surface area contributed by atoms with Gasteiger partial charge in [0.15, 0.2) is 0 Å². The van der Waals surface area contributed by atoms with Crippen molar-refractivity contribution in [3.63, 3.8) is 0 Å². The van der Waals surface area contributed by atoms with Crippen LogP contribution in [-0.4, -0.2) is 25.2 Å². The maximum Gasteiger partial charge on any atom is 0.313 e. The molecule has 0 amide bonds. The van der Waals surface area contributed by atoms with Crippen molar-refractivity contribution in [3.05, 3.63) is 35.9 Å². The summed E-state index contributed by atoms with van der Waals surface area (Å²) in [4.78, 5) is 24.0. The molecule has 0 bridgehead atoms. The molecule has 116 valence electrons. The van der Waals surface area contributed by atoms with E-state index in [0.29, 0.717) is 13.2 Å². The third-order valence-electron chi connectivity index (χ3n) is 3.22. The number of ether oxygens (including phenoxy) is 2. The molecular formula is C17H24O4. The van der Waals surface area contributed by atoms with Crippen molar-refractivity contribution in [2.24, 2.45) is 5.92 Å². The van der Waals surface area contributed by atoms with E-state index in [4.69, 9.17) is 9.47 Å². The van der Waals surface area contributed by atoms with Crippen molar-refractivity contribution in [3.8, 4) is 0 Å². The van der Waals surface area contributed by atoms with Gasteiger partial charge in [-0.05, 0) is 24.8 Å². The fourth-order valence-electron chi connectivity index (χ4n) is 2.24. The maximum atomic E-state index is 12.2. The Morgan fingerprint density at radius 3 is 2.33 bits per heavy atom. The summed E-state index contributed by atoms with van der Waals surface area (Å²) in [6.45, 7) is 6.35. The number of rotatable bonds is 8. The van der Waals surface area contributed by atoms with Crippen LogP contribution >= 0.6 is 0 Å². The lowest BCUT2D eigenvalue weighted by atomic mass is 9.85. The fraction of sp³-hybridized carbons (Fsp3) is 0.529. The monoisotopic (exact) mass is 292 g/mol. The Hall–Kier alpha value is -1.84. The van der Waals surface area contributed by atoms with Gasteiger partial charge in [0.1, 0.15) is 0 Å². The molecule has 0 saturated carbocycles. The Kier molecular flexibility index (Phi) is 7.51. The normalized spacial score (nSPS) is 13.3. The first-order chi connectivity index (χ1) is 10.1. The minimum Gasteiger partial charge on any atom is -0.466 e. The predicted molar refractivity (Wildman–Crippen MR) is 80.8 cm³/mol. The van der Waals surface area contributed by atoms with Crippen LogP contribution in [0.3, 0.4) is 0 Å². The number of carbonyl (C=O) groups excluding carboxylic acids is 2. The van der Waals surface area contributed by atoms with E-state index in [1.165, 1.54) is 0 Å². The summed E-state index contributed by atoms with van der Waals surface area (Å²) in [6.07, 6.45) is 0.998. The Bertz CT molecular complexity index is 441. The lowest BCUT2D eigenvalue weighted by Gasteiger charge is -2.22. The van der Waals surface area contributed by atoms with Crippen LogP contribution in [0.4, 0.5) is 0 Å². The molecule has 1 aromatic rings. The number of hydrogen-bond donors (Lipinski definition) is 0. The van der Waals surface area contributed by atoms with E-state index in [-0.39, 0.29) is 24.3 Å². The number of benzene rings is 1. The van der Waals surface area contributed by atoms with Crippen LogP contribution in [-0.2, 0) is 19.1 Å². The molecule has 1 aromatic carbocycles. The minimum absolute atomic E-state index is 0.171. The average molecular weight is 292 g/mol. The molecule has 4 nitrogen and oxygen atoms in total. The molecule has 0 aliphatic heterocycles. The first-order valence-corrected chi connectivity index (χ1v) is 7.47. The Labute approximate surface area is 126 Å². The van der Waals surface area contributed by atoms with Gasteiger partial charge < -0.3 is 9.47 Å². The molecule has 0 fully saturated rings. The van der Waals surface area contributed by atoms with Gasteiger partial charge in [0.25, 0.3) is 0 Å². The molecule has 0 aliphatic rings. The van der Waals surface area contributed by atoms with Gasteiger partial charge in [-0.2, -0.15) is 0 Å². The Morgan fingerprint density at radius 2 is 1.76 bits per heavy atom. The third kappa shape index (κ3) is 5.58. The second-order valence-electron chi connectivity index (χ2n) is 5.04. The second kappa shape index (κ2) is 9.16. The summed E-state index contributed by atoms with van der Waals surface area (Å²) in [6, 6.07) is 9.42. The molecule has 0 saturated heterocycles. The van der Waals surface area contributed by atoms with Gasteiger partial charge in [0.05, 0.1) is 19.1 Å². The van der Waals surface area contributed by atoms with E-state index in [1.807, 2.05) is 44.2 Å². The zero-order valence-corrected chi connectivity index (χ0v) is 13.0. The summed E-state index contributed by atoms with van der Waals surface area (Å²) >= 11 is 0. The Balaban J connectivity index is 2.81. The van der Waals surface area contributed by atoms with Gasteiger partial charge in [-0.25, -0.2) is 0 Å². The number of hydrogen-bond acceptors (Lipinski definition) is 4. The summed E-state index contributed by atoms with van der Waals surface area (Å²) < 4.78 is 10.2. The quantitative estimate of drug-likeness (QED) is 0.690. The molecule has 0 aromatic heterocycles. The maximum absolute atomic E-state index is 12.2. The van der Waals surface area contributed by atoms with Crippen LogP contribution in [0.2, 0.25) is 0 Å². The lowest BCUT2D eigenvalue weighted by Crippen LogP contribution is -2.25. The molecule has 21 heavy (non-hydrogen) atoms. The SMILES string of the molecule is CCCOC(=O)C[C@@H](C)[C@H](C(=O)OCC)c1ccccc1. The van der Waals surface area contributed by atoms with Crippen molar-refractivity contribution in [2.45, 2.75) is 39.5 Å². The number of esters is 2. The molecule has 4 heteroatoms. The molecule has 0 spiro atoms. The molecule has 0 heterocycles. The van der Waals surface area contributed by atoms with Crippen LogP contribution in [0.25, 0.3) is 0 Å². The fourth-order valence-corrected chi connectivity index (χ4v) is 2.24. The zero-order valence-electron chi connectivity index (χ0n) is 13.0. The summed E-state index contributed by atoms with van der Waals surface area (Å²) in [7, 11) is 0. The number of carbonyl (C=O) groups is 2. The van der Waals surface area contributed by atoms with Gasteiger partial charge in [-0.3, -0.25) is 9.59 Å². The van der Waals surface area contributed by atoms with E-state index in [2.05, 4.69) is 0 Å². The largest absolute Gasteiger partial charge is 0.466 e. The minimum atomic E-state index is -0.444. The van der Waals surface area contributed by atoms with Crippen molar-refractivity contribution in [2.75, 3.05) is 13.2 Å². The Morgan fingerprint density at radius 1 is 1.10 bits per heavy atom. The van der Waals surface area contributed by atoms with E-state index in [9.17, 15) is 9.59 Å². The van der Waals surface area contributed by atoms with Crippen molar-refractivity contribution >= 4 is 11.9 Å². The van der Waals surface area contributed by atoms with Crippen LogP contribution in [0.15, 0.2) is 30.3 Å². The molecule has 0 unspecified atom stereocenters. The van der Waals surface area contributed by atoms with Crippen molar-refractivity contribution in [1.82, 2.24) is 0 Å². The van der Waals surface area contributed by atoms with Crippen molar-refractivity contribution in [1.29, 1.82) is 0 Å². The lowest BCUT2D eigenvalue weighted by molar-refractivity contribution is -0.148. The van der Waals surface area contributed by atoms with E-state index < -0.39 is 5.92 Å². The summed E-state index contributed by atoms with van der Waals surface area (Å²) in [5, 5.41) is 0. The van der Waals surface area contributed by atoms with Crippen molar-refractivity contribution < 1.29 is 19.1 Å².